The zero-order valence-corrected chi connectivity index (χ0v) is 22.3. The van der Waals surface area contributed by atoms with Crippen molar-refractivity contribution in [2.75, 3.05) is 24.2 Å². The van der Waals surface area contributed by atoms with Crippen LogP contribution in [-0.2, 0) is 14.2 Å². The molecule has 0 saturated heterocycles. The lowest BCUT2D eigenvalue weighted by atomic mass is 9.91. The summed E-state index contributed by atoms with van der Waals surface area (Å²) in [5.41, 5.74) is 0. The SMILES string of the molecule is CCCCCCCCC(CCCCCCI)C(OCCC)(OCCC)OCCC. The highest BCUT2D eigenvalue weighted by Gasteiger charge is 2.41. The number of rotatable bonds is 23. The molecule has 0 rings (SSSR count). The van der Waals surface area contributed by atoms with Gasteiger partial charge in [0, 0.05) is 5.92 Å². The first-order chi connectivity index (χ1) is 14.2. The Morgan fingerprint density at radius 3 is 1.38 bits per heavy atom. The molecule has 0 spiro atoms. The molecular formula is C25H51IO3. The monoisotopic (exact) mass is 526 g/mol. The van der Waals surface area contributed by atoms with Gasteiger partial charge in [-0.05, 0) is 43.0 Å². The highest BCUT2D eigenvalue weighted by molar-refractivity contribution is 14.1. The summed E-state index contributed by atoms with van der Waals surface area (Å²) in [7, 11) is 0. The van der Waals surface area contributed by atoms with Crippen LogP contribution in [0, 0.1) is 5.92 Å². The zero-order valence-electron chi connectivity index (χ0n) is 20.1. The molecule has 0 aliphatic carbocycles. The van der Waals surface area contributed by atoms with Gasteiger partial charge in [0.25, 0.3) is 5.97 Å². The Bertz CT molecular complexity index is 303. The van der Waals surface area contributed by atoms with Crippen molar-refractivity contribution in [1.82, 2.24) is 0 Å². The molecule has 0 aromatic carbocycles. The quantitative estimate of drug-likeness (QED) is 0.0577. The van der Waals surface area contributed by atoms with Crippen molar-refractivity contribution in [3.63, 3.8) is 0 Å². The number of hydrogen-bond acceptors (Lipinski definition) is 3. The molecular weight excluding hydrogens is 475 g/mol. The fourth-order valence-electron chi connectivity index (χ4n) is 3.72. The largest absolute Gasteiger partial charge is 0.327 e. The first-order valence-corrected chi connectivity index (χ1v) is 14.2. The van der Waals surface area contributed by atoms with Crippen LogP contribution in [0.15, 0.2) is 0 Å². The van der Waals surface area contributed by atoms with E-state index >= 15 is 0 Å². The van der Waals surface area contributed by atoms with E-state index in [1.807, 2.05) is 0 Å². The van der Waals surface area contributed by atoms with Crippen molar-refractivity contribution >= 4 is 22.6 Å². The van der Waals surface area contributed by atoms with E-state index < -0.39 is 5.97 Å². The van der Waals surface area contributed by atoms with Crippen LogP contribution < -0.4 is 0 Å². The van der Waals surface area contributed by atoms with Crippen molar-refractivity contribution in [2.24, 2.45) is 5.92 Å². The van der Waals surface area contributed by atoms with Gasteiger partial charge in [-0.3, -0.25) is 0 Å². The molecule has 0 bridgehead atoms. The average molecular weight is 527 g/mol. The Hall–Kier alpha value is 0.610. The molecule has 0 fully saturated rings. The van der Waals surface area contributed by atoms with Crippen LogP contribution in [0.2, 0.25) is 0 Å². The molecule has 0 aliphatic rings. The molecule has 1 atom stereocenters. The van der Waals surface area contributed by atoms with E-state index in [-0.39, 0.29) is 0 Å². The van der Waals surface area contributed by atoms with Gasteiger partial charge in [-0.25, -0.2) is 0 Å². The molecule has 29 heavy (non-hydrogen) atoms. The molecule has 4 heteroatoms. The van der Waals surface area contributed by atoms with Gasteiger partial charge in [0.15, 0.2) is 0 Å². The number of alkyl halides is 1. The topological polar surface area (TPSA) is 27.7 Å². The van der Waals surface area contributed by atoms with Crippen molar-refractivity contribution in [3.05, 3.63) is 0 Å². The van der Waals surface area contributed by atoms with Gasteiger partial charge >= 0.3 is 0 Å². The first kappa shape index (κ1) is 29.6. The Morgan fingerprint density at radius 2 is 0.966 bits per heavy atom. The van der Waals surface area contributed by atoms with Crippen LogP contribution in [0.4, 0.5) is 0 Å². The second kappa shape index (κ2) is 21.8. The van der Waals surface area contributed by atoms with Crippen molar-refractivity contribution in [3.8, 4) is 0 Å². The Balaban J connectivity index is 5.07. The maximum atomic E-state index is 6.37. The predicted octanol–water partition coefficient (Wildman–Crippen LogP) is 8.67. The van der Waals surface area contributed by atoms with Crippen LogP contribution in [0.1, 0.15) is 124 Å². The van der Waals surface area contributed by atoms with E-state index in [2.05, 4.69) is 50.3 Å². The van der Waals surface area contributed by atoms with Gasteiger partial charge in [-0.1, -0.05) is 108 Å². The molecule has 0 radical (unpaired) electrons. The Morgan fingerprint density at radius 1 is 0.552 bits per heavy atom. The third-order valence-corrected chi connectivity index (χ3v) is 6.13. The maximum Gasteiger partial charge on any atom is 0.285 e. The second-order valence-corrected chi connectivity index (χ2v) is 9.37. The van der Waals surface area contributed by atoms with Gasteiger partial charge in [0.2, 0.25) is 0 Å². The number of halogens is 1. The summed E-state index contributed by atoms with van der Waals surface area (Å²) >= 11 is 2.48. The number of unbranched alkanes of at least 4 members (excludes halogenated alkanes) is 8. The van der Waals surface area contributed by atoms with Gasteiger partial charge in [0.1, 0.15) is 0 Å². The fourth-order valence-corrected chi connectivity index (χ4v) is 4.26. The van der Waals surface area contributed by atoms with Crippen molar-refractivity contribution in [2.45, 2.75) is 130 Å². The molecule has 0 amide bonds. The predicted molar refractivity (Wildman–Crippen MR) is 135 cm³/mol. The lowest BCUT2D eigenvalue weighted by Crippen LogP contribution is -2.47. The first-order valence-electron chi connectivity index (χ1n) is 12.7. The van der Waals surface area contributed by atoms with Gasteiger partial charge in [-0.15, -0.1) is 0 Å². The minimum Gasteiger partial charge on any atom is -0.327 e. The van der Waals surface area contributed by atoms with E-state index in [1.165, 1.54) is 68.6 Å². The summed E-state index contributed by atoms with van der Waals surface area (Å²) in [4.78, 5) is 0. The lowest BCUT2D eigenvalue weighted by molar-refractivity contribution is -0.406. The van der Waals surface area contributed by atoms with E-state index in [9.17, 15) is 0 Å². The summed E-state index contributed by atoms with van der Waals surface area (Å²) in [6.45, 7) is 10.9. The molecule has 0 aromatic rings. The fraction of sp³-hybridized carbons (Fsp3) is 1.00. The van der Waals surface area contributed by atoms with Crippen LogP contribution in [-0.4, -0.2) is 30.2 Å². The van der Waals surface area contributed by atoms with E-state index in [0.717, 1.165) is 32.1 Å². The van der Waals surface area contributed by atoms with Gasteiger partial charge < -0.3 is 14.2 Å². The Kier molecular flexibility index (Phi) is 22.3. The number of hydrogen-bond donors (Lipinski definition) is 0. The van der Waals surface area contributed by atoms with Crippen LogP contribution in [0.5, 0.6) is 0 Å². The van der Waals surface area contributed by atoms with Crippen LogP contribution in [0.3, 0.4) is 0 Å². The third kappa shape index (κ3) is 15.1. The van der Waals surface area contributed by atoms with E-state index in [1.54, 1.807) is 0 Å². The molecule has 3 nitrogen and oxygen atoms in total. The Labute approximate surface area is 196 Å². The van der Waals surface area contributed by atoms with Crippen LogP contribution in [0.25, 0.3) is 0 Å². The number of ether oxygens (including phenoxy) is 3. The minimum atomic E-state index is -0.839. The summed E-state index contributed by atoms with van der Waals surface area (Å²) in [5.74, 6) is -0.507. The minimum absolute atomic E-state index is 0.331. The normalized spacial score (nSPS) is 13.1. The summed E-state index contributed by atoms with van der Waals surface area (Å²) in [6.07, 6.45) is 18.5. The lowest BCUT2D eigenvalue weighted by Gasteiger charge is -2.40. The van der Waals surface area contributed by atoms with Gasteiger partial charge in [0.05, 0.1) is 19.8 Å². The van der Waals surface area contributed by atoms with Crippen molar-refractivity contribution in [1.29, 1.82) is 0 Å². The summed E-state index contributed by atoms with van der Waals surface area (Å²) in [6, 6.07) is 0. The van der Waals surface area contributed by atoms with Crippen molar-refractivity contribution < 1.29 is 14.2 Å². The van der Waals surface area contributed by atoms with Gasteiger partial charge in [-0.2, -0.15) is 0 Å². The van der Waals surface area contributed by atoms with E-state index in [0.29, 0.717) is 25.7 Å². The molecule has 0 saturated carbocycles. The standard InChI is InChI=1S/C25H51IO3/c1-5-9-10-11-12-15-18-24(19-16-13-14-17-20-26)25(27-21-6-2,28-22-7-3)29-23-8-4/h24H,5-23H2,1-4H3. The van der Waals surface area contributed by atoms with Crippen LogP contribution >= 0.6 is 22.6 Å². The zero-order chi connectivity index (χ0) is 21.6. The maximum absolute atomic E-state index is 6.37. The third-order valence-electron chi connectivity index (χ3n) is 5.36. The second-order valence-electron chi connectivity index (χ2n) is 8.29. The smallest absolute Gasteiger partial charge is 0.285 e. The molecule has 0 heterocycles. The summed E-state index contributed by atoms with van der Waals surface area (Å²) < 4.78 is 20.4. The molecule has 0 aliphatic heterocycles. The summed E-state index contributed by atoms with van der Waals surface area (Å²) in [5, 5.41) is 0. The van der Waals surface area contributed by atoms with E-state index in [4.69, 9.17) is 14.2 Å². The average Bonchev–Trinajstić information content (AvgIpc) is 2.74. The molecule has 176 valence electrons. The molecule has 0 N–H and O–H groups in total. The highest BCUT2D eigenvalue weighted by Crippen LogP contribution is 2.35. The molecule has 1 unspecified atom stereocenters. The highest BCUT2D eigenvalue weighted by atomic mass is 127. The molecule has 0 aromatic heterocycles.